The van der Waals surface area contributed by atoms with Crippen LogP contribution in [-0.4, -0.2) is 5.16 Å². The van der Waals surface area contributed by atoms with Crippen LogP contribution >= 0.6 is 0 Å². The highest BCUT2D eigenvalue weighted by molar-refractivity contribution is 5.86. The van der Waals surface area contributed by atoms with Gasteiger partial charge in [-0.05, 0) is 42.4 Å². The molecule has 0 aliphatic carbocycles. The first-order valence-electron chi connectivity index (χ1n) is 11.9. The number of fused-ring (bicyclic) bond motifs is 1. The Labute approximate surface area is 198 Å². The molecule has 0 bridgehead atoms. The summed E-state index contributed by atoms with van der Waals surface area (Å²) in [6, 6.07) is 11.4. The summed E-state index contributed by atoms with van der Waals surface area (Å²) in [5, 5.41) is 13.2. The maximum Gasteiger partial charge on any atom is 0.437 e. The molecule has 2 aromatic carbocycles. The molecule has 2 atom stereocenters. The number of aryl methyl sites for hydroxylation is 2. The van der Waals surface area contributed by atoms with Gasteiger partial charge in [0.2, 0.25) is 6.10 Å². The molecule has 0 N–H and O–H groups in total. The van der Waals surface area contributed by atoms with Crippen LogP contribution in [0.3, 0.4) is 0 Å². The van der Waals surface area contributed by atoms with Gasteiger partial charge in [0.05, 0.1) is 5.39 Å². The fraction of sp³-hybridized carbons (Fsp3) is 0.481. The number of hydrogen-bond donors (Lipinski definition) is 0. The van der Waals surface area contributed by atoms with Crippen LogP contribution in [-0.2, 0) is 25.4 Å². The summed E-state index contributed by atoms with van der Waals surface area (Å²) in [5.74, 6) is 0.994. The molecule has 34 heavy (non-hydrogen) atoms. The summed E-state index contributed by atoms with van der Waals surface area (Å²) in [7, 11) is 0. The number of nitriles is 1. The van der Waals surface area contributed by atoms with Gasteiger partial charge in [-0.25, -0.2) is 0 Å². The van der Waals surface area contributed by atoms with Crippen LogP contribution in [0, 0.1) is 17.2 Å². The summed E-state index contributed by atoms with van der Waals surface area (Å²) in [5.41, 5.74) is 2.09. The summed E-state index contributed by atoms with van der Waals surface area (Å²) in [6.07, 6.45) is -1.13. The molecular weight excluding hydrogens is 441 g/mol. The van der Waals surface area contributed by atoms with Crippen molar-refractivity contribution >= 4 is 11.0 Å². The maximum atomic E-state index is 13.5. The Balaban J connectivity index is 2.05. The number of ether oxygens (including phenoxy) is 1. The number of aromatic nitrogens is 1. The van der Waals surface area contributed by atoms with Crippen LogP contribution in [0.4, 0.5) is 13.2 Å². The Morgan fingerprint density at radius 3 is 2.32 bits per heavy atom. The SMILES string of the molecule is CCCc1cc2c(C(F)(F)F)noc2c(CCC)c1OC(C#N)c1ccc(CC(C)CC)cc1. The molecule has 0 saturated heterocycles. The van der Waals surface area contributed by atoms with E-state index in [2.05, 4.69) is 25.1 Å². The molecule has 0 fully saturated rings. The second-order valence-electron chi connectivity index (χ2n) is 8.84. The molecule has 2 unspecified atom stereocenters. The van der Waals surface area contributed by atoms with Crippen molar-refractivity contribution in [2.45, 2.75) is 78.5 Å². The van der Waals surface area contributed by atoms with E-state index in [9.17, 15) is 18.4 Å². The lowest BCUT2D eigenvalue weighted by Gasteiger charge is -2.20. The lowest BCUT2D eigenvalue weighted by atomic mass is 9.96. The third-order valence-electron chi connectivity index (χ3n) is 6.09. The Morgan fingerprint density at radius 1 is 1.09 bits per heavy atom. The number of rotatable bonds is 10. The van der Waals surface area contributed by atoms with Gasteiger partial charge in [-0.1, -0.05) is 76.4 Å². The molecule has 0 saturated carbocycles. The molecule has 7 heteroatoms. The van der Waals surface area contributed by atoms with Gasteiger partial charge in [0, 0.05) is 11.1 Å². The minimum absolute atomic E-state index is 0.0605. The van der Waals surface area contributed by atoms with Crippen LogP contribution in [0.15, 0.2) is 34.9 Å². The summed E-state index contributed by atoms with van der Waals surface area (Å²) < 4.78 is 51.9. The topological polar surface area (TPSA) is 59.1 Å². The minimum atomic E-state index is -4.62. The van der Waals surface area contributed by atoms with Gasteiger partial charge >= 0.3 is 6.18 Å². The van der Waals surface area contributed by atoms with Gasteiger partial charge in [0.1, 0.15) is 11.8 Å². The first kappa shape index (κ1) is 25.6. The molecular formula is C27H31F3N2O2. The van der Waals surface area contributed by atoms with Crippen molar-refractivity contribution in [1.29, 1.82) is 5.26 Å². The largest absolute Gasteiger partial charge is 0.470 e. The number of hydrogen-bond acceptors (Lipinski definition) is 4. The van der Waals surface area contributed by atoms with E-state index in [0.717, 1.165) is 12.8 Å². The second-order valence-corrected chi connectivity index (χ2v) is 8.84. The van der Waals surface area contributed by atoms with Crippen LogP contribution in [0.5, 0.6) is 5.75 Å². The van der Waals surface area contributed by atoms with Crippen molar-refractivity contribution < 1.29 is 22.4 Å². The molecule has 1 heterocycles. The molecule has 1 aromatic heterocycles. The highest BCUT2D eigenvalue weighted by Gasteiger charge is 2.38. The Morgan fingerprint density at radius 2 is 1.76 bits per heavy atom. The Bertz CT molecular complexity index is 1140. The van der Waals surface area contributed by atoms with Gasteiger partial charge in [-0.2, -0.15) is 18.4 Å². The van der Waals surface area contributed by atoms with Crippen molar-refractivity contribution in [3.05, 3.63) is 58.3 Å². The van der Waals surface area contributed by atoms with E-state index in [4.69, 9.17) is 9.26 Å². The quantitative estimate of drug-likeness (QED) is 0.300. The van der Waals surface area contributed by atoms with Gasteiger partial charge in [0.25, 0.3) is 0 Å². The summed E-state index contributed by atoms with van der Waals surface area (Å²) in [6.45, 7) is 8.23. The van der Waals surface area contributed by atoms with Gasteiger partial charge < -0.3 is 9.26 Å². The van der Waals surface area contributed by atoms with Gasteiger partial charge in [0.15, 0.2) is 11.3 Å². The fourth-order valence-corrected chi connectivity index (χ4v) is 4.13. The number of benzene rings is 2. The number of nitrogens with zero attached hydrogens (tertiary/aromatic N) is 2. The third kappa shape index (κ3) is 5.55. The predicted octanol–water partition coefficient (Wildman–Crippen LogP) is 7.98. The van der Waals surface area contributed by atoms with E-state index in [1.807, 2.05) is 38.1 Å². The molecule has 0 aliphatic rings. The predicted molar refractivity (Wildman–Crippen MR) is 126 cm³/mol. The van der Waals surface area contributed by atoms with Crippen LogP contribution in [0.2, 0.25) is 0 Å². The first-order chi connectivity index (χ1) is 16.2. The normalized spacial score (nSPS) is 13.6. The van der Waals surface area contributed by atoms with E-state index in [1.54, 1.807) is 0 Å². The van der Waals surface area contributed by atoms with E-state index in [-0.39, 0.29) is 11.0 Å². The third-order valence-corrected chi connectivity index (χ3v) is 6.09. The van der Waals surface area contributed by atoms with E-state index >= 15 is 0 Å². The van der Waals surface area contributed by atoms with Crippen molar-refractivity contribution in [2.75, 3.05) is 0 Å². The molecule has 0 spiro atoms. The van der Waals surface area contributed by atoms with Crippen LogP contribution in [0.25, 0.3) is 11.0 Å². The van der Waals surface area contributed by atoms with Crippen molar-refractivity contribution in [1.82, 2.24) is 5.16 Å². The first-order valence-corrected chi connectivity index (χ1v) is 11.9. The number of halogens is 3. The zero-order chi connectivity index (χ0) is 24.9. The summed E-state index contributed by atoms with van der Waals surface area (Å²) >= 11 is 0. The average Bonchev–Trinajstić information content (AvgIpc) is 3.24. The standard InChI is InChI=1S/C27H31F3N2O2/c1-5-8-20-15-22-25(34-32-26(22)27(28,29)30)21(9-6-2)24(20)33-23(16-31)19-12-10-18(11-13-19)14-17(4)7-3/h10-13,15,17,23H,5-9,14H2,1-4H3. The van der Waals surface area contributed by atoms with Crippen LogP contribution in [0.1, 0.15) is 81.0 Å². The lowest BCUT2D eigenvalue weighted by molar-refractivity contribution is -0.141. The van der Waals surface area contributed by atoms with Gasteiger partial charge in [-0.3, -0.25) is 0 Å². The average molecular weight is 473 g/mol. The van der Waals surface area contributed by atoms with E-state index in [1.165, 1.54) is 11.6 Å². The molecule has 182 valence electrons. The van der Waals surface area contributed by atoms with Gasteiger partial charge in [-0.15, -0.1) is 0 Å². The zero-order valence-electron chi connectivity index (χ0n) is 20.1. The highest BCUT2D eigenvalue weighted by Crippen LogP contribution is 2.41. The number of alkyl halides is 3. The minimum Gasteiger partial charge on any atom is -0.470 e. The van der Waals surface area contributed by atoms with Crippen molar-refractivity contribution in [3.63, 3.8) is 0 Å². The Kier molecular flexibility index (Phi) is 8.24. The monoisotopic (exact) mass is 472 g/mol. The molecule has 0 amide bonds. The van der Waals surface area contributed by atoms with Crippen molar-refractivity contribution in [3.8, 4) is 11.8 Å². The van der Waals surface area contributed by atoms with Crippen LogP contribution < -0.4 is 4.74 Å². The van der Waals surface area contributed by atoms with E-state index in [0.29, 0.717) is 54.0 Å². The smallest absolute Gasteiger partial charge is 0.437 e. The lowest BCUT2D eigenvalue weighted by Crippen LogP contribution is -2.10. The molecule has 3 aromatic rings. The molecule has 0 radical (unpaired) electrons. The van der Waals surface area contributed by atoms with E-state index < -0.39 is 18.0 Å². The molecule has 4 nitrogen and oxygen atoms in total. The maximum absolute atomic E-state index is 13.5. The Hall–Kier alpha value is -3.01. The summed E-state index contributed by atoms with van der Waals surface area (Å²) in [4.78, 5) is 0. The highest BCUT2D eigenvalue weighted by atomic mass is 19.4. The fourth-order valence-electron chi connectivity index (χ4n) is 4.13. The van der Waals surface area contributed by atoms with Crippen molar-refractivity contribution in [2.24, 2.45) is 5.92 Å². The molecule has 0 aliphatic heterocycles. The second kappa shape index (κ2) is 10.9. The zero-order valence-corrected chi connectivity index (χ0v) is 20.1. The molecule has 3 rings (SSSR count).